The molecule has 0 saturated heterocycles. The number of nitrogens with zero attached hydrogens (tertiary/aromatic N) is 5. The van der Waals surface area contributed by atoms with Gasteiger partial charge in [0.25, 0.3) is 0 Å². The maximum atomic E-state index is 12.4. The Bertz CT molecular complexity index is 946. The largest absolute Gasteiger partial charge is 0.310 e. The number of carbonyl (C=O) groups is 1. The standard InChI is InChI=1S/C20H26N6OS/c1-5-25-19(16-9-7-6-8-15(16)4)23-24-20(25)28-13-18(27)22-17-10-11-21-26(17)12-14(2)3/h6-11,14H,5,12-13H2,1-4H3,(H,22,27). The predicted octanol–water partition coefficient (Wildman–Crippen LogP) is 3.86. The summed E-state index contributed by atoms with van der Waals surface area (Å²) < 4.78 is 3.86. The number of aryl methyl sites for hydroxylation is 1. The van der Waals surface area contributed by atoms with Gasteiger partial charge < -0.3 is 9.88 Å². The van der Waals surface area contributed by atoms with Crippen LogP contribution in [-0.4, -0.2) is 36.2 Å². The number of hydrogen-bond acceptors (Lipinski definition) is 5. The molecule has 1 N–H and O–H groups in total. The highest BCUT2D eigenvalue weighted by Gasteiger charge is 2.16. The molecule has 0 spiro atoms. The Balaban J connectivity index is 1.67. The monoisotopic (exact) mass is 398 g/mol. The molecule has 3 aromatic rings. The molecule has 148 valence electrons. The first kappa shape index (κ1) is 20.1. The lowest BCUT2D eigenvalue weighted by Crippen LogP contribution is -2.19. The number of nitrogens with one attached hydrogen (secondary N) is 1. The number of rotatable bonds is 8. The van der Waals surface area contributed by atoms with Crippen molar-refractivity contribution in [2.24, 2.45) is 5.92 Å². The number of anilines is 1. The zero-order valence-electron chi connectivity index (χ0n) is 16.7. The van der Waals surface area contributed by atoms with Crippen LogP contribution < -0.4 is 5.32 Å². The molecule has 28 heavy (non-hydrogen) atoms. The van der Waals surface area contributed by atoms with E-state index in [1.165, 1.54) is 11.8 Å². The van der Waals surface area contributed by atoms with Gasteiger partial charge in [0.1, 0.15) is 5.82 Å². The second kappa shape index (κ2) is 9.05. The minimum atomic E-state index is -0.0846. The van der Waals surface area contributed by atoms with Gasteiger partial charge in [0.2, 0.25) is 5.91 Å². The van der Waals surface area contributed by atoms with Crippen molar-refractivity contribution >= 4 is 23.5 Å². The summed E-state index contributed by atoms with van der Waals surface area (Å²) in [5, 5.41) is 16.6. The summed E-state index contributed by atoms with van der Waals surface area (Å²) in [5.41, 5.74) is 2.21. The molecule has 1 amide bonds. The van der Waals surface area contributed by atoms with E-state index in [0.29, 0.717) is 5.92 Å². The van der Waals surface area contributed by atoms with E-state index < -0.39 is 0 Å². The third-order valence-electron chi connectivity index (χ3n) is 4.27. The molecule has 7 nitrogen and oxygen atoms in total. The average molecular weight is 399 g/mol. The van der Waals surface area contributed by atoms with E-state index >= 15 is 0 Å². The first-order valence-corrected chi connectivity index (χ1v) is 10.4. The summed E-state index contributed by atoms with van der Waals surface area (Å²) in [5.74, 6) is 2.18. The van der Waals surface area contributed by atoms with Gasteiger partial charge in [-0.2, -0.15) is 5.10 Å². The van der Waals surface area contributed by atoms with Gasteiger partial charge in [-0.3, -0.25) is 4.79 Å². The quantitative estimate of drug-likeness (QED) is 0.583. The van der Waals surface area contributed by atoms with Crippen LogP contribution in [-0.2, 0) is 17.9 Å². The lowest BCUT2D eigenvalue weighted by atomic mass is 10.1. The maximum Gasteiger partial charge on any atom is 0.235 e. The fraction of sp³-hybridized carbons (Fsp3) is 0.400. The molecule has 8 heteroatoms. The Hall–Kier alpha value is -2.61. The summed E-state index contributed by atoms with van der Waals surface area (Å²) >= 11 is 1.39. The fourth-order valence-corrected chi connectivity index (χ4v) is 3.75. The summed E-state index contributed by atoms with van der Waals surface area (Å²) in [4.78, 5) is 12.4. The maximum absolute atomic E-state index is 12.4. The first-order chi connectivity index (χ1) is 13.5. The van der Waals surface area contributed by atoms with Gasteiger partial charge in [0.15, 0.2) is 11.0 Å². The smallest absolute Gasteiger partial charge is 0.235 e. The molecule has 3 rings (SSSR count). The Morgan fingerprint density at radius 2 is 2.00 bits per heavy atom. The van der Waals surface area contributed by atoms with Crippen molar-refractivity contribution < 1.29 is 4.79 Å². The molecule has 0 aliphatic heterocycles. The van der Waals surface area contributed by atoms with Crippen LogP contribution in [0.1, 0.15) is 26.3 Å². The van der Waals surface area contributed by atoms with E-state index in [9.17, 15) is 4.79 Å². The Morgan fingerprint density at radius 3 is 2.71 bits per heavy atom. The minimum Gasteiger partial charge on any atom is -0.310 e. The molecule has 1 aromatic carbocycles. The zero-order valence-corrected chi connectivity index (χ0v) is 17.5. The number of amides is 1. The molecule has 0 fully saturated rings. The summed E-state index contributed by atoms with van der Waals surface area (Å²) in [6.45, 7) is 9.85. The van der Waals surface area contributed by atoms with Crippen molar-refractivity contribution in [1.82, 2.24) is 24.5 Å². The summed E-state index contributed by atoms with van der Waals surface area (Å²) in [6.07, 6.45) is 1.70. The third kappa shape index (κ3) is 4.62. The lowest BCUT2D eigenvalue weighted by molar-refractivity contribution is -0.113. The Kier molecular flexibility index (Phi) is 6.51. The van der Waals surface area contributed by atoms with Crippen LogP contribution >= 0.6 is 11.8 Å². The van der Waals surface area contributed by atoms with Crippen LogP contribution in [0.5, 0.6) is 0 Å². The van der Waals surface area contributed by atoms with Crippen molar-refractivity contribution in [3.8, 4) is 11.4 Å². The molecule has 0 unspecified atom stereocenters. The number of benzene rings is 1. The second-order valence-electron chi connectivity index (χ2n) is 6.99. The van der Waals surface area contributed by atoms with Gasteiger partial charge >= 0.3 is 0 Å². The van der Waals surface area contributed by atoms with Crippen LogP contribution in [0.3, 0.4) is 0 Å². The van der Waals surface area contributed by atoms with E-state index in [1.54, 1.807) is 6.20 Å². The highest BCUT2D eigenvalue weighted by molar-refractivity contribution is 7.99. The van der Waals surface area contributed by atoms with Gasteiger partial charge in [0.05, 0.1) is 11.9 Å². The van der Waals surface area contributed by atoms with E-state index in [2.05, 4.69) is 54.4 Å². The molecule has 0 aliphatic carbocycles. The molecule has 0 aliphatic rings. The van der Waals surface area contributed by atoms with Gasteiger partial charge in [-0.05, 0) is 25.3 Å². The summed E-state index contributed by atoms with van der Waals surface area (Å²) in [6, 6.07) is 9.93. The van der Waals surface area contributed by atoms with Crippen molar-refractivity contribution in [1.29, 1.82) is 0 Å². The van der Waals surface area contributed by atoms with Crippen molar-refractivity contribution in [3.05, 3.63) is 42.1 Å². The van der Waals surface area contributed by atoms with Crippen molar-refractivity contribution in [2.45, 2.75) is 45.9 Å². The van der Waals surface area contributed by atoms with Crippen molar-refractivity contribution in [2.75, 3.05) is 11.1 Å². The summed E-state index contributed by atoms with van der Waals surface area (Å²) in [7, 11) is 0. The second-order valence-corrected chi connectivity index (χ2v) is 7.94. The Morgan fingerprint density at radius 1 is 1.21 bits per heavy atom. The topological polar surface area (TPSA) is 77.6 Å². The van der Waals surface area contributed by atoms with Crippen molar-refractivity contribution in [3.63, 3.8) is 0 Å². The van der Waals surface area contributed by atoms with Crippen LogP contribution in [0.2, 0.25) is 0 Å². The van der Waals surface area contributed by atoms with E-state index in [0.717, 1.165) is 41.0 Å². The number of hydrogen-bond donors (Lipinski definition) is 1. The molecular weight excluding hydrogens is 372 g/mol. The van der Waals surface area contributed by atoms with Gasteiger partial charge in [-0.25, -0.2) is 4.68 Å². The van der Waals surface area contributed by atoms with Crippen LogP contribution in [0.25, 0.3) is 11.4 Å². The molecule has 0 radical (unpaired) electrons. The molecular formula is C20H26N6OS. The van der Waals surface area contributed by atoms with Gasteiger partial charge in [-0.1, -0.05) is 49.9 Å². The number of thioether (sulfide) groups is 1. The van der Waals surface area contributed by atoms with Crippen LogP contribution in [0, 0.1) is 12.8 Å². The normalized spacial score (nSPS) is 11.2. The molecule has 0 bridgehead atoms. The van der Waals surface area contributed by atoms with E-state index in [-0.39, 0.29) is 11.7 Å². The SMILES string of the molecule is CCn1c(SCC(=O)Nc2ccnn2CC(C)C)nnc1-c1ccccc1C. The highest BCUT2D eigenvalue weighted by atomic mass is 32.2. The number of aromatic nitrogens is 5. The first-order valence-electron chi connectivity index (χ1n) is 9.43. The third-order valence-corrected chi connectivity index (χ3v) is 5.24. The minimum absolute atomic E-state index is 0.0846. The van der Waals surface area contributed by atoms with Gasteiger partial charge in [-0.15, -0.1) is 10.2 Å². The Labute approximate surface area is 169 Å². The highest BCUT2D eigenvalue weighted by Crippen LogP contribution is 2.26. The fourth-order valence-electron chi connectivity index (χ4n) is 2.94. The molecule has 0 atom stereocenters. The molecule has 2 aromatic heterocycles. The predicted molar refractivity (Wildman–Crippen MR) is 112 cm³/mol. The zero-order chi connectivity index (χ0) is 20.1. The lowest BCUT2D eigenvalue weighted by Gasteiger charge is -2.11. The average Bonchev–Trinajstić information content (AvgIpc) is 3.26. The van der Waals surface area contributed by atoms with Crippen LogP contribution in [0.4, 0.5) is 5.82 Å². The van der Waals surface area contributed by atoms with E-state index in [4.69, 9.17) is 0 Å². The van der Waals surface area contributed by atoms with Crippen LogP contribution in [0.15, 0.2) is 41.7 Å². The van der Waals surface area contributed by atoms with E-state index in [1.807, 2.05) is 33.5 Å². The van der Waals surface area contributed by atoms with Gasteiger partial charge in [0, 0.05) is 24.7 Å². The molecule has 0 saturated carbocycles. The number of carbonyl (C=O) groups excluding carboxylic acids is 1. The molecule has 2 heterocycles.